The van der Waals surface area contributed by atoms with Gasteiger partial charge in [-0.15, -0.1) is 0 Å². The van der Waals surface area contributed by atoms with Gasteiger partial charge in [-0.2, -0.15) is 0 Å². The minimum Gasteiger partial charge on any atom is -0.396 e. The first-order chi connectivity index (χ1) is 16.2. The van der Waals surface area contributed by atoms with Crippen molar-refractivity contribution >= 4 is 0 Å². The molecule has 0 spiro atoms. The molecule has 11 atom stereocenters. The molecule has 5 nitrogen and oxygen atoms in total. The first-order valence-electron chi connectivity index (χ1n) is 14.1. The Labute approximate surface area is 212 Å². The van der Waals surface area contributed by atoms with Crippen molar-refractivity contribution in [1.82, 2.24) is 0 Å². The molecule has 0 aromatic carbocycles. The summed E-state index contributed by atoms with van der Waals surface area (Å²) in [6, 6.07) is 0. The van der Waals surface area contributed by atoms with E-state index in [0.717, 1.165) is 38.5 Å². The number of hydrogen-bond donors (Lipinski definition) is 5. The standard InChI is InChI=1S/C30H50O5/c1-25(2)13-19-18-7-8-21-26(3)11-10-22(33)27(4,16-31)20(26)9-12-28(21,5)29(18,6)15-24(35)30(19,17-32)23(34)14-25/h7,19-24,31-35H,8-17H2,1-6H3/t19?,20?,21?,22-,23?,24?,26-,27-,28+,29?,30+/m0/s1. The molecular formula is C30H50O5. The van der Waals surface area contributed by atoms with E-state index >= 15 is 0 Å². The Hall–Kier alpha value is -0.460. The summed E-state index contributed by atoms with van der Waals surface area (Å²) >= 11 is 0. The van der Waals surface area contributed by atoms with Gasteiger partial charge >= 0.3 is 0 Å². The largest absolute Gasteiger partial charge is 0.396 e. The van der Waals surface area contributed by atoms with Crippen LogP contribution in [0.5, 0.6) is 0 Å². The maximum atomic E-state index is 11.7. The van der Waals surface area contributed by atoms with Gasteiger partial charge in [0.15, 0.2) is 0 Å². The van der Waals surface area contributed by atoms with Crippen molar-refractivity contribution in [1.29, 1.82) is 0 Å². The van der Waals surface area contributed by atoms with E-state index in [-0.39, 0.29) is 46.7 Å². The Morgan fingerprint density at radius 1 is 0.771 bits per heavy atom. The van der Waals surface area contributed by atoms with Crippen molar-refractivity contribution in [3.8, 4) is 0 Å². The van der Waals surface area contributed by atoms with Gasteiger partial charge in [-0.05, 0) is 90.8 Å². The Bertz CT molecular complexity index is 899. The lowest BCUT2D eigenvalue weighted by atomic mass is 9.33. The summed E-state index contributed by atoms with van der Waals surface area (Å²) in [5, 5.41) is 55.1. The monoisotopic (exact) mass is 490 g/mol. The van der Waals surface area contributed by atoms with Crippen LogP contribution in [0.25, 0.3) is 0 Å². The molecule has 4 fully saturated rings. The lowest BCUT2D eigenvalue weighted by Crippen LogP contribution is -2.69. The van der Waals surface area contributed by atoms with Gasteiger partial charge in [-0.25, -0.2) is 0 Å². The van der Waals surface area contributed by atoms with Crippen LogP contribution < -0.4 is 0 Å². The smallest absolute Gasteiger partial charge is 0.0657 e. The number of aliphatic hydroxyl groups excluding tert-OH is 5. The minimum atomic E-state index is -0.879. The summed E-state index contributed by atoms with van der Waals surface area (Å²) < 4.78 is 0. The first-order valence-corrected chi connectivity index (χ1v) is 14.1. The highest BCUT2D eigenvalue weighted by Gasteiger charge is 2.71. The molecule has 0 saturated heterocycles. The van der Waals surface area contributed by atoms with E-state index in [4.69, 9.17) is 0 Å². The molecule has 5 heteroatoms. The van der Waals surface area contributed by atoms with Crippen LogP contribution in [0.2, 0.25) is 0 Å². The zero-order valence-electron chi connectivity index (χ0n) is 22.8. The molecule has 0 heterocycles. The fraction of sp³-hybridized carbons (Fsp3) is 0.933. The number of allylic oxidation sites excluding steroid dienone is 2. The van der Waals surface area contributed by atoms with Gasteiger partial charge in [0.25, 0.3) is 0 Å². The molecule has 200 valence electrons. The van der Waals surface area contributed by atoms with E-state index < -0.39 is 29.1 Å². The number of aliphatic hydroxyl groups is 5. The van der Waals surface area contributed by atoms with E-state index in [1.165, 1.54) is 5.57 Å². The predicted molar refractivity (Wildman–Crippen MR) is 136 cm³/mol. The summed E-state index contributed by atoms with van der Waals surface area (Å²) in [4.78, 5) is 0. The second kappa shape index (κ2) is 7.79. The van der Waals surface area contributed by atoms with E-state index in [1.54, 1.807) is 0 Å². The van der Waals surface area contributed by atoms with Crippen LogP contribution in [0.4, 0.5) is 0 Å². The SMILES string of the molecule is CC1(C)CC(O)[C@]2(CO)C(O)CC3(C)C(=CCC4[C@@]5(C)CC[C@H](O)[C@@](C)(CO)C5CC[C@]43C)C2C1. The normalized spacial score (nSPS) is 57.3. The fourth-order valence-electron chi connectivity index (χ4n) is 11.0. The van der Waals surface area contributed by atoms with Crippen LogP contribution in [0.15, 0.2) is 11.6 Å². The molecule has 6 unspecified atom stereocenters. The lowest BCUT2D eigenvalue weighted by Gasteiger charge is -2.72. The molecular weight excluding hydrogens is 440 g/mol. The lowest BCUT2D eigenvalue weighted by molar-refractivity contribution is -0.240. The highest BCUT2D eigenvalue weighted by Crippen LogP contribution is 2.75. The van der Waals surface area contributed by atoms with Crippen molar-refractivity contribution in [2.75, 3.05) is 13.2 Å². The van der Waals surface area contributed by atoms with Crippen molar-refractivity contribution < 1.29 is 25.5 Å². The van der Waals surface area contributed by atoms with E-state index in [9.17, 15) is 25.5 Å². The number of rotatable bonds is 2. The Morgan fingerprint density at radius 2 is 1.43 bits per heavy atom. The number of fused-ring (bicyclic) bond motifs is 7. The minimum absolute atomic E-state index is 0.0105. The van der Waals surface area contributed by atoms with Gasteiger partial charge in [-0.1, -0.05) is 53.2 Å². The Morgan fingerprint density at radius 3 is 2.06 bits per heavy atom. The topological polar surface area (TPSA) is 101 Å². The molecule has 5 aliphatic rings. The second-order valence-corrected chi connectivity index (χ2v) is 15.1. The van der Waals surface area contributed by atoms with Crippen LogP contribution in [0.3, 0.4) is 0 Å². The average Bonchev–Trinajstić information content (AvgIpc) is 2.76. The molecule has 35 heavy (non-hydrogen) atoms. The van der Waals surface area contributed by atoms with Gasteiger partial charge < -0.3 is 25.5 Å². The molecule has 0 bridgehead atoms. The van der Waals surface area contributed by atoms with Gasteiger partial charge in [0.1, 0.15) is 0 Å². The molecule has 5 rings (SSSR count). The third-order valence-corrected chi connectivity index (χ3v) is 13.3. The van der Waals surface area contributed by atoms with Gasteiger partial charge in [0, 0.05) is 5.41 Å². The Balaban J connectivity index is 1.62. The van der Waals surface area contributed by atoms with Crippen molar-refractivity contribution in [3.63, 3.8) is 0 Å². The van der Waals surface area contributed by atoms with E-state index in [0.29, 0.717) is 18.8 Å². The summed E-state index contributed by atoms with van der Waals surface area (Å²) in [5.74, 6) is 0.635. The predicted octanol–water partition coefficient (Wildman–Crippen LogP) is 4.06. The second-order valence-electron chi connectivity index (χ2n) is 15.1. The zero-order valence-corrected chi connectivity index (χ0v) is 22.8. The zero-order chi connectivity index (χ0) is 25.8. The molecule has 5 aliphatic carbocycles. The van der Waals surface area contributed by atoms with Crippen molar-refractivity contribution in [2.24, 2.45) is 50.2 Å². The highest BCUT2D eigenvalue weighted by molar-refractivity contribution is 5.35. The third-order valence-electron chi connectivity index (χ3n) is 13.3. The number of hydrogen-bond acceptors (Lipinski definition) is 5. The van der Waals surface area contributed by atoms with Crippen LogP contribution in [-0.2, 0) is 0 Å². The van der Waals surface area contributed by atoms with Crippen LogP contribution in [0, 0.1) is 50.2 Å². The molecule has 0 aromatic heterocycles. The fourth-order valence-corrected chi connectivity index (χ4v) is 11.0. The summed E-state index contributed by atoms with van der Waals surface area (Å²) in [6.45, 7) is 13.5. The third kappa shape index (κ3) is 3.05. The van der Waals surface area contributed by atoms with E-state index in [2.05, 4.69) is 47.6 Å². The van der Waals surface area contributed by atoms with E-state index in [1.807, 2.05) is 0 Å². The van der Waals surface area contributed by atoms with Gasteiger partial charge in [0.2, 0.25) is 0 Å². The molecule has 4 saturated carbocycles. The molecule has 0 radical (unpaired) electrons. The van der Waals surface area contributed by atoms with Crippen LogP contribution >= 0.6 is 0 Å². The highest BCUT2D eigenvalue weighted by atomic mass is 16.3. The maximum absolute atomic E-state index is 11.7. The van der Waals surface area contributed by atoms with Crippen molar-refractivity contribution in [2.45, 2.75) is 111 Å². The maximum Gasteiger partial charge on any atom is 0.0657 e. The summed E-state index contributed by atoms with van der Waals surface area (Å²) in [6.07, 6.45) is 7.18. The van der Waals surface area contributed by atoms with Gasteiger partial charge in [0.05, 0.1) is 36.9 Å². The molecule has 0 amide bonds. The summed E-state index contributed by atoms with van der Waals surface area (Å²) in [5.41, 5.74) is -0.279. The first kappa shape index (κ1) is 26.2. The quantitative estimate of drug-likeness (QED) is 0.376. The Kier molecular flexibility index (Phi) is 5.82. The summed E-state index contributed by atoms with van der Waals surface area (Å²) in [7, 11) is 0. The van der Waals surface area contributed by atoms with Crippen molar-refractivity contribution in [3.05, 3.63) is 11.6 Å². The van der Waals surface area contributed by atoms with Gasteiger partial charge in [-0.3, -0.25) is 0 Å². The average molecular weight is 491 g/mol. The molecule has 5 N–H and O–H groups in total. The molecule has 0 aromatic rings. The van der Waals surface area contributed by atoms with Crippen LogP contribution in [0.1, 0.15) is 92.9 Å². The molecule has 0 aliphatic heterocycles. The van der Waals surface area contributed by atoms with Crippen LogP contribution in [-0.4, -0.2) is 57.1 Å².